The smallest absolute Gasteiger partial charge is 0.328 e. The highest BCUT2D eigenvalue weighted by Gasteiger charge is 2.26. The maximum absolute atomic E-state index is 11.6. The molecule has 0 rings (SSSR count). The molecule has 3 unspecified atom stereocenters. The second-order valence-electron chi connectivity index (χ2n) is 4.08. The van der Waals surface area contributed by atoms with Crippen molar-refractivity contribution in [2.24, 2.45) is 0 Å². The molecule has 0 bridgehead atoms. The van der Waals surface area contributed by atoms with Crippen LogP contribution in [-0.2, 0) is 9.59 Å². The normalized spacial score (nSPS) is 16.0. The molecule has 0 saturated carbocycles. The van der Waals surface area contributed by atoms with E-state index in [0.29, 0.717) is 6.42 Å². The number of carboxylic acid groups (broad SMARTS) is 1. The van der Waals surface area contributed by atoms with Crippen LogP contribution in [-0.4, -0.2) is 39.5 Å². The van der Waals surface area contributed by atoms with Gasteiger partial charge in [0, 0.05) is 0 Å². The number of aliphatic hydroxyl groups is 1. The van der Waals surface area contributed by atoms with Gasteiger partial charge in [-0.15, -0.1) is 0 Å². The van der Waals surface area contributed by atoms with Crippen molar-refractivity contribution in [1.29, 1.82) is 0 Å². The van der Waals surface area contributed by atoms with Crippen LogP contribution in [0, 0.1) is 0 Å². The molecule has 0 aliphatic heterocycles. The zero-order valence-electron chi connectivity index (χ0n) is 10.2. The number of carbonyl (C=O) groups excluding carboxylic acids is 1. The molecule has 0 saturated heterocycles. The standard InChI is InChI=1S/C11H21NO4S/c1-3-4-5-6-8(17)10(14)12-9(7(2)13)11(15)16/h7-9,13,17H,3-6H2,1-2H3,(H,12,14)(H,15,16). The van der Waals surface area contributed by atoms with Gasteiger partial charge < -0.3 is 15.5 Å². The molecule has 0 radical (unpaired) electrons. The molecule has 3 atom stereocenters. The van der Waals surface area contributed by atoms with E-state index >= 15 is 0 Å². The zero-order chi connectivity index (χ0) is 13.4. The lowest BCUT2D eigenvalue weighted by Gasteiger charge is -2.19. The van der Waals surface area contributed by atoms with Gasteiger partial charge in [-0.2, -0.15) is 12.6 Å². The molecule has 0 aromatic carbocycles. The van der Waals surface area contributed by atoms with E-state index in [9.17, 15) is 14.7 Å². The molecule has 0 aromatic rings. The first-order valence-electron chi connectivity index (χ1n) is 5.79. The predicted octanol–water partition coefficient (Wildman–Crippen LogP) is 0.815. The van der Waals surface area contributed by atoms with Crippen molar-refractivity contribution in [2.75, 3.05) is 0 Å². The van der Waals surface area contributed by atoms with Crippen molar-refractivity contribution >= 4 is 24.5 Å². The number of rotatable bonds is 8. The molecule has 0 fully saturated rings. The van der Waals surface area contributed by atoms with E-state index in [1.807, 2.05) is 0 Å². The summed E-state index contributed by atoms with van der Waals surface area (Å²) >= 11 is 4.12. The summed E-state index contributed by atoms with van der Waals surface area (Å²) in [5.74, 6) is -1.69. The molecule has 0 aromatic heterocycles. The Balaban J connectivity index is 4.16. The summed E-state index contributed by atoms with van der Waals surface area (Å²) in [6.45, 7) is 3.38. The van der Waals surface area contributed by atoms with Gasteiger partial charge in [0.15, 0.2) is 6.04 Å². The fourth-order valence-electron chi connectivity index (χ4n) is 1.36. The first kappa shape index (κ1) is 16.2. The van der Waals surface area contributed by atoms with Crippen molar-refractivity contribution in [2.45, 2.75) is 56.9 Å². The lowest BCUT2D eigenvalue weighted by atomic mass is 10.1. The van der Waals surface area contributed by atoms with Gasteiger partial charge >= 0.3 is 5.97 Å². The molecular weight excluding hydrogens is 242 g/mol. The van der Waals surface area contributed by atoms with Gasteiger partial charge in [-0.1, -0.05) is 26.2 Å². The van der Waals surface area contributed by atoms with E-state index < -0.39 is 29.3 Å². The third-order valence-corrected chi connectivity index (χ3v) is 2.92. The summed E-state index contributed by atoms with van der Waals surface area (Å²) < 4.78 is 0. The lowest BCUT2D eigenvalue weighted by Crippen LogP contribution is -2.49. The summed E-state index contributed by atoms with van der Waals surface area (Å²) in [7, 11) is 0. The SMILES string of the molecule is CCCCCC(S)C(=O)NC(C(=O)O)C(C)O. The third kappa shape index (κ3) is 6.53. The topological polar surface area (TPSA) is 86.6 Å². The lowest BCUT2D eigenvalue weighted by molar-refractivity contribution is -0.144. The van der Waals surface area contributed by atoms with E-state index in [-0.39, 0.29) is 0 Å². The molecular formula is C11H21NO4S. The highest BCUT2D eigenvalue weighted by atomic mass is 32.1. The predicted molar refractivity (Wildman–Crippen MR) is 68.2 cm³/mol. The quantitative estimate of drug-likeness (QED) is 0.386. The average molecular weight is 263 g/mol. The van der Waals surface area contributed by atoms with Gasteiger partial charge in [-0.05, 0) is 13.3 Å². The minimum atomic E-state index is -1.27. The molecule has 6 heteroatoms. The molecule has 5 nitrogen and oxygen atoms in total. The van der Waals surface area contributed by atoms with Crippen LogP contribution in [0.1, 0.15) is 39.5 Å². The molecule has 100 valence electrons. The van der Waals surface area contributed by atoms with Crippen LogP contribution in [0.5, 0.6) is 0 Å². The number of unbranched alkanes of at least 4 members (excludes halogenated alkanes) is 2. The Bertz CT molecular complexity index is 258. The molecule has 0 aliphatic carbocycles. The van der Waals surface area contributed by atoms with Crippen LogP contribution in [0.25, 0.3) is 0 Å². The third-order valence-electron chi connectivity index (χ3n) is 2.43. The van der Waals surface area contributed by atoms with E-state index in [4.69, 9.17) is 5.11 Å². The minimum absolute atomic E-state index is 0.447. The summed E-state index contributed by atoms with van der Waals surface area (Å²) in [6.07, 6.45) is 2.42. The molecule has 0 heterocycles. The Morgan fingerprint density at radius 3 is 2.35 bits per heavy atom. The summed E-state index contributed by atoms with van der Waals surface area (Å²) in [5.41, 5.74) is 0. The van der Waals surface area contributed by atoms with Crippen LogP contribution in [0.15, 0.2) is 0 Å². The number of aliphatic carboxylic acids is 1. The highest BCUT2D eigenvalue weighted by Crippen LogP contribution is 2.09. The summed E-state index contributed by atoms with van der Waals surface area (Å²) in [5, 5.41) is 19.7. The Kier molecular flexibility index (Phi) is 7.99. The van der Waals surface area contributed by atoms with Crippen molar-refractivity contribution in [1.82, 2.24) is 5.32 Å². The van der Waals surface area contributed by atoms with E-state index in [2.05, 4.69) is 24.9 Å². The van der Waals surface area contributed by atoms with E-state index in [0.717, 1.165) is 19.3 Å². The van der Waals surface area contributed by atoms with Crippen molar-refractivity contribution in [3.8, 4) is 0 Å². The number of amides is 1. The maximum atomic E-state index is 11.6. The van der Waals surface area contributed by atoms with Crippen molar-refractivity contribution < 1.29 is 19.8 Å². The monoisotopic (exact) mass is 263 g/mol. The number of nitrogens with one attached hydrogen (secondary N) is 1. The number of thiol groups is 1. The fourth-order valence-corrected chi connectivity index (χ4v) is 1.61. The molecule has 3 N–H and O–H groups in total. The van der Waals surface area contributed by atoms with Crippen LogP contribution >= 0.6 is 12.6 Å². The first-order chi connectivity index (χ1) is 7.90. The maximum Gasteiger partial charge on any atom is 0.328 e. The van der Waals surface area contributed by atoms with E-state index in [1.165, 1.54) is 6.92 Å². The van der Waals surface area contributed by atoms with Crippen molar-refractivity contribution in [3.63, 3.8) is 0 Å². The van der Waals surface area contributed by atoms with Gasteiger partial charge in [0.2, 0.25) is 5.91 Å². The Morgan fingerprint density at radius 2 is 1.94 bits per heavy atom. The summed E-state index contributed by atoms with van der Waals surface area (Å²) in [6, 6.07) is -1.27. The number of hydrogen-bond acceptors (Lipinski definition) is 4. The number of aliphatic hydroxyl groups excluding tert-OH is 1. The van der Waals surface area contributed by atoms with Gasteiger partial charge in [-0.3, -0.25) is 4.79 Å². The number of hydrogen-bond donors (Lipinski definition) is 4. The number of carboxylic acids is 1. The molecule has 0 aliphatic rings. The van der Waals surface area contributed by atoms with Gasteiger partial charge in [0.05, 0.1) is 11.4 Å². The fraction of sp³-hybridized carbons (Fsp3) is 0.818. The van der Waals surface area contributed by atoms with Crippen LogP contribution in [0.3, 0.4) is 0 Å². The number of carbonyl (C=O) groups is 2. The Morgan fingerprint density at radius 1 is 1.35 bits per heavy atom. The molecule has 0 spiro atoms. The van der Waals surface area contributed by atoms with E-state index in [1.54, 1.807) is 0 Å². The second-order valence-corrected chi connectivity index (χ2v) is 4.70. The molecule has 17 heavy (non-hydrogen) atoms. The van der Waals surface area contributed by atoms with Gasteiger partial charge in [-0.25, -0.2) is 4.79 Å². The van der Waals surface area contributed by atoms with Gasteiger partial charge in [0.1, 0.15) is 0 Å². The average Bonchev–Trinajstić information content (AvgIpc) is 2.24. The zero-order valence-corrected chi connectivity index (χ0v) is 11.1. The van der Waals surface area contributed by atoms with Crippen LogP contribution in [0.4, 0.5) is 0 Å². The first-order valence-corrected chi connectivity index (χ1v) is 6.31. The summed E-state index contributed by atoms with van der Waals surface area (Å²) in [4.78, 5) is 22.4. The van der Waals surface area contributed by atoms with Crippen molar-refractivity contribution in [3.05, 3.63) is 0 Å². The largest absolute Gasteiger partial charge is 0.480 e. The minimum Gasteiger partial charge on any atom is -0.480 e. The second kappa shape index (κ2) is 8.36. The Labute approximate surface area is 107 Å². The van der Waals surface area contributed by atoms with Crippen LogP contribution < -0.4 is 5.32 Å². The Hall–Kier alpha value is -0.750. The van der Waals surface area contributed by atoms with Crippen LogP contribution in [0.2, 0.25) is 0 Å². The highest BCUT2D eigenvalue weighted by molar-refractivity contribution is 7.81. The van der Waals surface area contributed by atoms with Gasteiger partial charge in [0.25, 0.3) is 0 Å². The molecule has 1 amide bonds.